The maximum atomic E-state index is 5.93. The minimum atomic E-state index is 0.496. The second kappa shape index (κ2) is 3.81. The van der Waals surface area contributed by atoms with Crippen molar-refractivity contribution < 1.29 is 0 Å². The van der Waals surface area contributed by atoms with Crippen molar-refractivity contribution in [1.82, 2.24) is 19.5 Å². The van der Waals surface area contributed by atoms with Crippen LogP contribution in [0.3, 0.4) is 0 Å². The maximum absolute atomic E-state index is 5.93. The molecule has 3 rings (SSSR count). The monoisotopic (exact) mass is 245 g/mol. The molecule has 0 fully saturated rings. The SMILES string of the molecule is Cc1ccnc2c1nc(N)n2Cc1cncs1. The third kappa shape index (κ3) is 1.66. The summed E-state index contributed by atoms with van der Waals surface area (Å²) >= 11 is 1.60. The Morgan fingerprint density at radius 3 is 3.12 bits per heavy atom. The van der Waals surface area contributed by atoms with Crippen LogP contribution in [0.15, 0.2) is 24.0 Å². The van der Waals surface area contributed by atoms with E-state index in [-0.39, 0.29) is 0 Å². The van der Waals surface area contributed by atoms with Gasteiger partial charge in [0.25, 0.3) is 0 Å². The van der Waals surface area contributed by atoms with Gasteiger partial charge >= 0.3 is 0 Å². The first-order valence-corrected chi connectivity index (χ1v) is 6.08. The highest BCUT2D eigenvalue weighted by Crippen LogP contribution is 2.20. The summed E-state index contributed by atoms with van der Waals surface area (Å²) in [5, 5.41) is 0. The number of hydrogen-bond acceptors (Lipinski definition) is 5. The molecule has 0 spiro atoms. The number of aromatic nitrogens is 4. The smallest absolute Gasteiger partial charge is 0.202 e. The Morgan fingerprint density at radius 2 is 2.35 bits per heavy atom. The Kier molecular flexibility index (Phi) is 2.29. The lowest BCUT2D eigenvalue weighted by molar-refractivity contribution is 0.839. The fraction of sp³-hybridized carbons (Fsp3) is 0.182. The summed E-state index contributed by atoms with van der Waals surface area (Å²) in [5.41, 5.74) is 10.5. The van der Waals surface area contributed by atoms with Gasteiger partial charge in [-0.25, -0.2) is 9.97 Å². The summed E-state index contributed by atoms with van der Waals surface area (Å²) in [5.74, 6) is 0.496. The normalized spacial score (nSPS) is 11.1. The molecular weight excluding hydrogens is 234 g/mol. The number of nitrogen functional groups attached to an aromatic ring is 1. The van der Waals surface area contributed by atoms with Crippen LogP contribution in [0.25, 0.3) is 11.2 Å². The van der Waals surface area contributed by atoms with E-state index in [1.165, 1.54) is 0 Å². The van der Waals surface area contributed by atoms with Gasteiger partial charge in [0.05, 0.1) is 12.1 Å². The topological polar surface area (TPSA) is 69.6 Å². The van der Waals surface area contributed by atoms with Crippen LogP contribution in [0.2, 0.25) is 0 Å². The second-order valence-electron chi connectivity index (χ2n) is 3.82. The van der Waals surface area contributed by atoms with Crippen molar-refractivity contribution in [3.8, 4) is 0 Å². The number of hydrogen-bond donors (Lipinski definition) is 1. The van der Waals surface area contributed by atoms with Crippen molar-refractivity contribution in [2.45, 2.75) is 13.5 Å². The molecule has 0 bridgehead atoms. The van der Waals surface area contributed by atoms with E-state index in [2.05, 4.69) is 15.0 Å². The Labute approximate surface area is 102 Å². The Balaban J connectivity index is 2.16. The Hall–Kier alpha value is -1.95. The fourth-order valence-electron chi connectivity index (χ4n) is 1.79. The highest BCUT2D eigenvalue weighted by atomic mass is 32.1. The minimum absolute atomic E-state index is 0.496. The number of aryl methyl sites for hydroxylation is 1. The number of fused-ring (bicyclic) bond motifs is 1. The van der Waals surface area contributed by atoms with Crippen molar-refractivity contribution in [1.29, 1.82) is 0 Å². The molecule has 0 aromatic carbocycles. The van der Waals surface area contributed by atoms with Gasteiger partial charge in [-0.05, 0) is 18.6 Å². The van der Waals surface area contributed by atoms with Gasteiger partial charge < -0.3 is 5.73 Å². The second-order valence-corrected chi connectivity index (χ2v) is 4.79. The van der Waals surface area contributed by atoms with Gasteiger partial charge in [-0.15, -0.1) is 11.3 Å². The van der Waals surface area contributed by atoms with Crippen molar-refractivity contribution in [2.75, 3.05) is 5.73 Å². The summed E-state index contributed by atoms with van der Waals surface area (Å²) < 4.78 is 1.91. The van der Waals surface area contributed by atoms with Crippen LogP contribution >= 0.6 is 11.3 Å². The molecule has 6 heteroatoms. The van der Waals surface area contributed by atoms with E-state index < -0.39 is 0 Å². The van der Waals surface area contributed by atoms with Gasteiger partial charge in [0.2, 0.25) is 5.95 Å². The van der Waals surface area contributed by atoms with E-state index in [9.17, 15) is 0 Å². The van der Waals surface area contributed by atoms with Gasteiger partial charge in [-0.1, -0.05) is 0 Å². The van der Waals surface area contributed by atoms with Crippen LogP contribution in [-0.4, -0.2) is 19.5 Å². The number of nitrogens with two attached hydrogens (primary N) is 1. The van der Waals surface area contributed by atoms with E-state index in [0.717, 1.165) is 21.6 Å². The standard InChI is InChI=1S/C11H11N5S/c1-7-2-3-14-10-9(7)15-11(12)16(10)5-8-4-13-6-17-8/h2-4,6H,5H2,1H3,(H2,12,15). The van der Waals surface area contributed by atoms with E-state index in [4.69, 9.17) is 5.73 Å². The molecule has 0 amide bonds. The summed E-state index contributed by atoms with van der Waals surface area (Å²) in [7, 11) is 0. The van der Waals surface area contributed by atoms with E-state index in [0.29, 0.717) is 12.5 Å². The van der Waals surface area contributed by atoms with Crippen molar-refractivity contribution >= 4 is 28.4 Å². The average molecular weight is 245 g/mol. The zero-order chi connectivity index (χ0) is 11.8. The van der Waals surface area contributed by atoms with E-state index >= 15 is 0 Å². The Bertz CT molecular complexity index is 656. The van der Waals surface area contributed by atoms with Gasteiger partial charge in [0.1, 0.15) is 5.52 Å². The lowest BCUT2D eigenvalue weighted by Gasteiger charge is -2.02. The number of anilines is 1. The van der Waals surface area contributed by atoms with Crippen LogP contribution in [0.4, 0.5) is 5.95 Å². The van der Waals surface area contributed by atoms with Gasteiger partial charge in [-0.2, -0.15) is 0 Å². The molecule has 0 unspecified atom stereocenters. The predicted octanol–water partition coefficient (Wildman–Crippen LogP) is 1.83. The predicted molar refractivity (Wildman–Crippen MR) is 67.9 cm³/mol. The van der Waals surface area contributed by atoms with Crippen LogP contribution in [0.5, 0.6) is 0 Å². The van der Waals surface area contributed by atoms with Crippen LogP contribution in [-0.2, 0) is 6.54 Å². The fourth-order valence-corrected chi connectivity index (χ4v) is 2.37. The molecule has 0 saturated carbocycles. The molecule has 3 heterocycles. The zero-order valence-corrected chi connectivity index (χ0v) is 10.1. The maximum Gasteiger partial charge on any atom is 0.202 e. The number of rotatable bonds is 2. The highest BCUT2D eigenvalue weighted by Gasteiger charge is 2.11. The molecule has 0 radical (unpaired) electrons. The molecule has 0 saturated heterocycles. The first-order valence-electron chi connectivity index (χ1n) is 5.20. The number of nitrogens with zero attached hydrogens (tertiary/aromatic N) is 4. The number of imidazole rings is 1. The van der Waals surface area contributed by atoms with Crippen LogP contribution in [0, 0.1) is 6.92 Å². The van der Waals surface area contributed by atoms with Crippen LogP contribution < -0.4 is 5.73 Å². The summed E-state index contributed by atoms with van der Waals surface area (Å²) in [4.78, 5) is 13.9. The van der Waals surface area contributed by atoms with Crippen LogP contribution in [0.1, 0.15) is 10.4 Å². The average Bonchev–Trinajstić information content (AvgIpc) is 2.91. The molecule has 0 aliphatic rings. The molecule has 2 N–H and O–H groups in total. The molecular formula is C11H11N5S. The highest BCUT2D eigenvalue weighted by molar-refractivity contribution is 7.09. The Morgan fingerprint density at radius 1 is 1.47 bits per heavy atom. The summed E-state index contributed by atoms with van der Waals surface area (Å²) in [6, 6.07) is 1.94. The molecule has 0 aliphatic heterocycles. The molecule has 3 aromatic rings. The largest absolute Gasteiger partial charge is 0.369 e. The summed E-state index contributed by atoms with van der Waals surface area (Å²) in [6.45, 7) is 2.68. The zero-order valence-electron chi connectivity index (χ0n) is 9.29. The molecule has 17 heavy (non-hydrogen) atoms. The first kappa shape index (κ1) is 10.2. The molecule has 86 valence electrons. The molecule has 0 aliphatic carbocycles. The molecule has 5 nitrogen and oxygen atoms in total. The summed E-state index contributed by atoms with van der Waals surface area (Å²) in [6.07, 6.45) is 3.62. The molecule has 3 aromatic heterocycles. The van der Waals surface area contributed by atoms with Gasteiger partial charge in [-0.3, -0.25) is 9.55 Å². The third-order valence-electron chi connectivity index (χ3n) is 2.66. The lowest BCUT2D eigenvalue weighted by atomic mass is 10.3. The number of pyridine rings is 1. The number of thiazole rings is 1. The first-order chi connectivity index (χ1) is 8.25. The quantitative estimate of drug-likeness (QED) is 0.747. The molecule has 0 atom stereocenters. The van der Waals surface area contributed by atoms with E-state index in [1.807, 2.05) is 29.3 Å². The third-order valence-corrected chi connectivity index (χ3v) is 3.43. The van der Waals surface area contributed by atoms with Gasteiger partial charge in [0, 0.05) is 17.3 Å². The lowest BCUT2D eigenvalue weighted by Crippen LogP contribution is -2.04. The van der Waals surface area contributed by atoms with Gasteiger partial charge in [0.15, 0.2) is 5.65 Å². The minimum Gasteiger partial charge on any atom is -0.369 e. The van der Waals surface area contributed by atoms with Crippen molar-refractivity contribution in [3.05, 3.63) is 34.4 Å². The van der Waals surface area contributed by atoms with Crippen molar-refractivity contribution in [2.24, 2.45) is 0 Å². The van der Waals surface area contributed by atoms with E-state index in [1.54, 1.807) is 17.5 Å². The van der Waals surface area contributed by atoms with Crippen molar-refractivity contribution in [3.63, 3.8) is 0 Å².